The first-order valence-electron chi connectivity index (χ1n) is 13.2. The van der Waals surface area contributed by atoms with E-state index in [0.29, 0.717) is 28.2 Å². The lowest BCUT2D eigenvalue weighted by molar-refractivity contribution is 0.0696. The maximum Gasteiger partial charge on any atom is 0.337 e. The number of amides is 1. The molecule has 5 heterocycles. The second kappa shape index (κ2) is 19.3. The number of nitrogens with zero attached hydrogens (tertiary/aromatic N) is 7. The van der Waals surface area contributed by atoms with E-state index in [4.69, 9.17) is 97.9 Å². The Kier molecular flexibility index (Phi) is 16.5. The molecule has 0 aromatic carbocycles. The average molecular weight is 833 g/mol. The van der Waals surface area contributed by atoms with Gasteiger partial charge in [-0.25, -0.2) is 24.7 Å². The molecule has 0 unspecified atom stereocenters. The van der Waals surface area contributed by atoms with Gasteiger partial charge >= 0.3 is 5.97 Å². The number of hydrogen-bond donors (Lipinski definition) is 1. The lowest BCUT2D eigenvalue weighted by Crippen LogP contribution is -2.26. The summed E-state index contributed by atoms with van der Waals surface area (Å²) >= 11 is 44.6. The lowest BCUT2D eigenvalue weighted by atomic mass is 10.2. The van der Waals surface area contributed by atoms with Gasteiger partial charge in [-0.2, -0.15) is 0 Å². The molecule has 1 amide bonds. The van der Waals surface area contributed by atoms with E-state index in [1.54, 1.807) is 42.9 Å². The quantitative estimate of drug-likeness (QED) is 0.139. The molecule has 5 aromatic rings. The van der Waals surface area contributed by atoms with Gasteiger partial charge in [-0.15, -0.1) is 0 Å². The third-order valence-electron chi connectivity index (χ3n) is 6.21. The Hall–Kier alpha value is -3.20. The van der Waals surface area contributed by atoms with Crippen molar-refractivity contribution in [2.45, 2.75) is 6.92 Å². The molecule has 0 atom stereocenters. The predicted molar refractivity (Wildman–Crippen MR) is 194 cm³/mol. The van der Waals surface area contributed by atoms with Crippen LogP contribution in [0.15, 0.2) is 53.8 Å². The summed E-state index contributed by atoms with van der Waals surface area (Å²) in [6, 6.07) is 5.92. The standard InChI is InChI=1S/C9H10Cl2N2O.C8H8ClN3O.C6H2Cl3NO.C6H3Cl2NO2/c1-3-13(2)9(14)6-4-5-12-8(11)7(6)10;1-11-6-5(8(13)12(11)2)3-4-10-7(6)9;7-4-3(6(9)11)1-2-10-5(4)8;7-4-3(6(10)11)1-2-9-5(4)8/h4-5H,3H2,1-2H3;3-4H,1-2H3;1-2H;1-2H,(H,10,11). The minimum atomic E-state index is -1.11. The van der Waals surface area contributed by atoms with Gasteiger partial charge in [0, 0.05) is 52.5 Å². The SMILES string of the molecule is CCN(C)C(=O)c1ccnc(Cl)c1Cl.Cn1c(=O)c2ccnc(Cl)c2n1C.O=C(Cl)c1ccnc(Cl)c1Cl.O=C(O)c1ccnc(Cl)c1Cl. The van der Waals surface area contributed by atoms with Gasteiger partial charge in [0.25, 0.3) is 16.7 Å². The number of carboxylic acid groups (broad SMARTS) is 1. The molecule has 0 bridgehead atoms. The summed E-state index contributed by atoms with van der Waals surface area (Å²) < 4.78 is 3.19. The van der Waals surface area contributed by atoms with Crippen molar-refractivity contribution in [3.8, 4) is 0 Å². The molecule has 12 nitrogen and oxygen atoms in total. The fourth-order valence-electron chi connectivity index (χ4n) is 3.46. The Morgan fingerprint density at radius 3 is 1.51 bits per heavy atom. The van der Waals surface area contributed by atoms with Crippen molar-refractivity contribution in [3.05, 3.63) is 112 Å². The first-order valence-corrected chi connectivity index (χ1v) is 16.2. The Bertz CT molecular complexity index is 1990. The third-order valence-corrected chi connectivity index (χ3v) is 8.99. The molecular formula is C29H23Cl8N7O5. The minimum absolute atomic E-state index is 0.00608. The van der Waals surface area contributed by atoms with Crippen LogP contribution in [0.2, 0.25) is 35.7 Å². The van der Waals surface area contributed by atoms with Crippen molar-refractivity contribution in [3.63, 3.8) is 0 Å². The number of rotatable bonds is 4. The number of halogens is 8. The van der Waals surface area contributed by atoms with Crippen LogP contribution in [-0.4, -0.2) is 70.0 Å². The smallest absolute Gasteiger partial charge is 0.337 e. The molecular weight excluding hydrogens is 810 g/mol. The summed E-state index contributed by atoms with van der Waals surface area (Å²) in [4.78, 5) is 60.8. The molecule has 0 aliphatic carbocycles. The average Bonchev–Trinajstić information content (AvgIpc) is 3.29. The van der Waals surface area contributed by atoms with Gasteiger partial charge in [0.1, 0.15) is 21.0 Å². The Morgan fingerprint density at radius 2 is 1.10 bits per heavy atom. The van der Waals surface area contributed by atoms with Crippen molar-refractivity contribution in [1.29, 1.82) is 0 Å². The number of aromatic carboxylic acids is 1. The molecule has 0 spiro atoms. The maximum absolute atomic E-state index is 11.7. The molecule has 1 N–H and O–H groups in total. The van der Waals surface area contributed by atoms with Gasteiger partial charge in [0.2, 0.25) is 0 Å². The summed E-state index contributed by atoms with van der Waals surface area (Å²) in [5.74, 6) is -1.26. The van der Waals surface area contributed by atoms with E-state index >= 15 is 0 Å². The van der Waals surface area contributed by atoms with E-state index in [-0.39, 0.29) is 53.1 Å². The minimum Gasteiger partial charge on any atom is -0.478 e. The van der Waals surface area contributed by atoms with Crippen LogP contribution in [0.25, 0.3) is 10.9 Å². The monoisotopic (exact) mass is 829 g/mol. The van der Waals surface area contributed by atoms with Gasteiger partial charge in [-0.05, 0) is 42.8 Å². The molecule has 260 valence electrons. The zero-order chi connectivity index (χ0) is 37.2. The van der Waals surface area contributed by atoms with Gasteiger partial charge in [-0.3, -0.25) is 23.7 Å². The number of carboxylic acids is 1. The van der Waals surface area contributed by atoms with Crippen molar-refractivity contribution in [2.24, 2.45) is 14.1 Å². The Morgan fingerprint density at radius 1 is 0.694 bits per heavy atom. The molecule has 5 aromatic heterocycles. The second-order valence-corrected chi connectivity index (χ2v) is 12.0. The van der Waals surface area contributed by atoms with Crippen LogP contribution in [0.3, 0.4) is 0 Å². The maximum atomic E-state index is 11.7. The van der Waals surface area contributed by atoms with Crippen LogP contribution < -0.4 is 5.56 Å². The van der Waals surface area contributed by atoms with Crippen molar-refractivity contribution in [1.82, 2.24) is 34.2 Å². The predicted octanol–water partition coefficient (Wildman–Crippen LogP) is 8.26. The van der Waals surface area contributed by atoms with E-state index in [2.05, 4.69) is 19.9 Å². The van der Waals surface area contributed by atoms with Crippen molar-refractivity contribution >= 4 is 121 Å². The molecule has 20 heteroatoms. The molecule has 49 heavy (non-hydrogen) atoms. The number of aromatic nitrogens is 6. The van der Waals surface area contributed by atoms with E-state index in [0.717, 1.165) is 0 Å². The van der Waals surface area contributed by atoms with Crippen LogP contribution in [0.1, 0.15) is 38.0 Å². The molecule has 0 radical (unpaired) electrons. The van der Waals surface area contributed by atoms with E-state index in [1.165, 1.54) is 41.6 Å². The highest BCUT2D eigenvalue weighted by atomic mass is 35.5. The summed E-state index contributed by atoms with van der Waals surface area (Å²) in [5, 5.41) is 9.36. The summed E-state index contributed by atoms with van der Waals surface area (Å²) in [6.07, 6.45) is 5.65. The van der Waals surface area contributed by atoms with Crippen LogP contribution in [0.4, 0.5) is 0 Å². The lowest BCUT2D eigenvalue weighted by Gasteiger charge is -2.15. The van der Waals surface area contributed by atoms with Gasteiger partial charge < -0.3 is 10.0 Å². The fourth-order valence-corrected chi connectivity index (χ4v) is 5.00. The van der Waals surface area contributed by atoms with Crippen LogP contribution >= 0.6 is 92.8 Å². The normalized spacial score (nSPS) is 10.1. The highest BCUT2D eigenvalue weighted by Gasteiger charge is 2.16. The number of aryl methyl sites for hydroxylation is 1. The van der Waals surface area contributed by atoms with E-state index in [9.17, 15) is 19.2 Å². The molecule has 0 aliphatic heterocycles. The molecule has 0 saturated heterocycles. The fraction of sp³-hybridized carbons (Fsp3) is 0.172. The summed E-state index contributed by atoms with van der Waals surface area (Å²) in [7, 11) is 5.17. The zero-order valence-corrected chi connectivity index (χ0v) is 31.6. The number of carbonyl (C=O) groups excluding carboxylic acids is 2. The Labute approximate surface area is 319 Å². The van der Waals surface area contributed by atoms with Gasteiger partial charge in [0.15, 0.2) is 5.15 Å². The molecule has 0 aliphatic rings. The zero-order valence-electron chi connectivity index (χ0n) is 25.6. The highest BCUT2D eigenvalue weighted by Crippen LogP contribution is 2.25. The number of hydrogen-bond acceptors (Lipinski definition) is 8. The second-order valence-electron chi connectivity index (χ2n) is 9.14. The third kappa shape index (κ3) is 10.9. The summed E-state index contributed by atoms with van der Waals surface area (Å²) in [5.41, 5.74) is 1.15. The highest BCUT2D eigenvalue weighted by molar-refractivity contribution is 6.69. The van der Waals surface area contributed by atoms with Crippen LogP contribution in [0, 0.1) is 0 Å². The van der Waals surface area contributed by atoms with Crippen molar-refractivity contribution < 1.29 is 19.5 Å². The first kappa shape index (κ1) is 42.0. The number of fused-ring (bicyclic) bond motifs is 1. The molecule has 0 fully saturated rings. The number of pyridine rings is 4. The van der Waals surface area contributed by atoms with Gasteiger partial charge in [-0.1, -0.05) is 81.2 Å². The van der Waals surface area contributed by atoms with E-state index in [1.807, 2.05) is 6.92 Å². The van der Waals surface area contributed by atoms with Gasteiger partial charge in [0.05, 0.1) is 37.1 Å². The van der Waals surface area contributed by atoms with Crippen LogP contribution in [-0.2, 0) is 14.1 Å². The Balaban J connectivity index is 0.000000228. The van der Waals surface area contributed by atoms with E-state index < -0.39 is 11.2 Å². The molecule has 5 rings (SSSR count). The number of carbonyl (C=O) groups is 3. The topological polar surface area (TPSA) is 153 Å². The van der Waals surface area contributed by atoms with Crippen molar-refractivity contribution in [2.75, 3.05) is 13.6 Å². The molecule has 0 saturated carbocycles. The van der Waals surface area contributed by atoms with Crippen LogP contribution in [0.5, 0.6) is 0 Å². The summed E-state index contributed by atoms with van der Waals surface area (Å²) in [6.45, 7) is 2.50. The first-order chi connectivity index (χ1) is 23.0. The largest absolute Gasteiger partial charge is 0.478 e.